The molecule has 0 bridgehead atoms. The van der Waals surface area contributed by atoms with Gasteiger partial charge in [-0.3, -0.25) is 4.98 Å². The first kappa shape index (κ1) is 12.6. The highest BCUT2D eigenvalue weighted by molar-refractivity contribution is 7.22. The Morgan fingerprint density at radius 2 is 1.95 bits per heavy atom. The van der Waals surface area contributed by atoms with Crippen LogP contribution in [0.4, 0.5) is 10.8 Å². The number of aromatic nitrogens is 2. The Bertz CT molecular complexity index is 943. The highest BCUT2D eigenvalue weighted by atomic mass is 35.5. The summed E-state index contributed by atoms with van der Waals surface area (Å²) >= 11 is 7.60. The summed E-state index contributed by atoms with van der Waals surface area (Å²) in [4.78, 5) is 9.02. The Morgan fingerprint density at radius 1 is 1.05 bits per heavy atom. The van der Waals surface area contributed by atoms with E-state index in [0.29, 0.717) is 0 Å². The molecule has 0 radical (unpaired) electrons. The minimum absolute atomic E-state index is 0.726. The number of rotatable bonds is 2. The fourth-order valence-corrected chi connectivity index (χ4v) is 3.43. The third kappa shape index (κ3) is 2.33. The van der Waals surface area contributed by atoms with Crippen LogP contribution in [-0.4, -0.2) is 9.97 Å². The Morgan fingerprint density at radius 3 is 2.90 bits per heavy atom. The Labute approximate surface area is 130 Å². The lowest BCUT2D eigenvalue weighted by atomic mass is 10.2. The smallest absolute Gasteiger partial charge is 0.188 e. The Hall–Kier alpha value is -2.17. The Balaban J connectivity index is 1.79. The number of hydrogen-bond acceptors (Lipinski definition) is 4. The van der Waals surface area contributed by atoms with Gasteiger partial charge in [0, 0.05) is 16.6 Å². The van der Waals surface area contributed by atoms with E-state index < -0.39 is 0 Å². The molecule has 4 rings (SSSR count). The lowest BCUT2D eigenvalue weighted by molar-refractivity contribution is 1.39. The molecule has 5 heteroatoms. The van der Waals surface area contributed by atoms with E-state index in [9.17, 15) is 0 Å². The van der Waals surface area contributed by atoms with E-state index in [2.05, 4.69) is 15.3 Å². The van der Waals surface area contributed by atoms with Gasteiger partial charge < -0.3 is 5.32 Å². The molecule has 2 heterocycles. The molecule has 0 aliphatic rings. The van der Waals surface area contributed by atoms with Crippen molar-refractivity contribution in [3.63, 3.8) is 0 Å². The summed E-state index contributed by atoms with van der Waals surface area (Å²) in [7, 11) is 0. The minimum Gasteiger partial charge on any atom is -0.330 e. The lowest BCUT2D eigenvalue weighted by Gasteiger charge is -2.05. The molecule has 1 N–H and O–H groups in total. The Kier molecular flexibility index (Phi) is 2.98. The number of pyridine rings is 1. The molecule has 0 saturated carbocycles. The number of hydrogen-bond donors (Lipinski definition) is 1. The quantitative estimate of drug-likeness (QED) is 0.550. The second-order valence-corrected chi connectivity index (χ2v) is 6.10. The zero-order valence-electron chi connectivity index (χ0n) is 10.9. The van der Waals surface area contributed by atoms with E-state index in [1.165, 1.54) is 0 Å². The molecule has 0 spiro atoms. The highest BCUT2D eigenvalue weighted by Gasteiger charge is 2.07. The van der Waals surface area contributed by atoms with Crippen molar-refractivity contribution in [2.75, 3.05) is 5.32 Å². The van der Waals surface area contributed by atoms with Crippen LogP contribution in [0.25, 0.3) is 21.1 Å². The monoisotopic (exact) mass is 311 g/mol. The normalized spacial score (nSPS) is 11.1. The van der Waals surface area contributed by atoms with Crippen LogP contribution in [0.2, 0.25) is 5.02 Å². The SMILES string of the molecule is Clc1ccc2nc(Nc3cccc4cccnc34)sc2c1. The molecule has 21 heavy (non-hydrogen) atoms. The van der Waals surface area contributed by atoms with Gasteiger partial charge in [0.15, 0.2) is 5.13 Å². The van der Waals surface area contributed by atoms with Crippen molar-refractivity contribution in [1.29, 1.82) is 0 Å². The van der Waals surface area contributed by atoms with Crippen LogP contribution in [-0.2, 0) is 0 Å². The first-order chi connectivity index (χ1) is 10.3. The number of nitrogens with zero attached hydrogens (tertiary/aromatic N) is 2. The topological polar surface area (TPSA) is 37.8 Å². The first-order valence-electron chi connectivity index (χ1n) is 6.46. The van der Waals surface area contributed by atoms with Gasteiger partial charge in [-0.2, -0.15) is 0 Å². The van der Waals surface area contributed by atoms with Gasteiger partial charge in [-0.15, -0.1) is 0 Å². The molecule has 0 fully saturated rings. The van der Waals surface area contributed by atoms with E-state index in [0.717, 1.165) is 37.0 Å². The maximum atomic E-state index is 6.01. The third-order valence-corrected chi connectivity index (χ3v) is 4.39. The standard InChI is InChI=1S/C16H10ClN3S/c17-11-6-7-12-14(9-11)21-16(19-12)20-13-5-1-3-10-4-2-8-18-15(10)13/h1-9H,(H,19,20). The number of fused-ring (bicyclic) bond motifs is 2. The number of benzene rings is 2. The molecule has 3 nitrogen and oxygen atoms in total. The third-order valence-electron chi connectivity index (χ3n) is 3.22. The maximum Gasteiger partial charge on any atom is 0.188 e. The van der Waals surface area contributed by atoms with Crippen molar-refractivity contribution in [2.24, 2.45) is 0 Å². The lowest BCUT2D eigenvalue weighted by Crippen LogP contribution is -1.91. The zero-order valence-corrected chi connectivity index (χ0v) is 12.4. The van der Waals surface area contributed by atoms with E-state index >= 15 is 0 Å². The molecule has 0 saturated heterocycles. The van der Waals surface area contributed by atoms with Crippen LogP contribution >= 0.6 is 22.9 Å². The number of para-hydroxylation sites is 1. The van der Waals surface area contributed by atoms with Crippen LogP contribution in [0, 0.1) is 0 Å². The fourth-order valence-electron chi connectivity index (χ4n) is 2.27. The van der Waals surface area contributed by atoms with Gasteiger partial charge in [0.05, 0.1) is 21.4 Å². The number of nitrogens with one attached hydrogen (secondary N) is 1. The summed E-state index contributed by atoms with van der Waals surface area (Å²) in [5.41, 5.74) is 2.84. The van der Waals surface area contributed by atoms with Gasteiger partial charge in [-0.1, -0.05) is 41.1 Å². The van der Waals surface area contributed by atoms with Crippen LogP contribution in [0.3, 0.4) is 0 Å². The molecule has 4 aromatic rings. The molecule has 0 amide bonds. The summed E-state index contributed by atoms with van der Waals surface area (Å²) in [6.45, 7) is 0. The average molecular weight is 312 g/mol. The fraction of sp³-hybridized carbons (Fsp3) is 0. The molecule has 102 valence electrons. The van der Waals surface area contributed by atoms with Crippen LogP contribution in [0.5, 0.6) is 0 Å². The summed E-state index contributed by atoms with van der Waals surface area (Å²) in [5, 5.41) is 6.03. The molecule has 0 aliphatic carbocycles. The van der Waals surface area contributed by atoms with Gasteiger partial charge >= 0.3 is 0 Å². The van der Waals surface area contributed by atoms with E-state index in [1.807, 2.05) is 48.5 Å². The van der Waals surface area contributed by atoms with Crippen molar-refractivity contribution >= 4 is 54.9 Å². The second-order valence-electron chi connectivity index (χ2n) is 4.64. The molecule has 0 aliphatic heterocycles. The largest absolute Gasteiger partial charge is 0.330 e. The van der Waals surface area contributed by atoms with Crippen molar-refractivity contribution in [3.8, 4) is 0 Å². The molecule has 0 atom stereocenters. The number of halogens is 1. The summed E-state index contributed by atoms with van der Waals surface area (Å²) in [6.07, 6.45) is 1.80. The molecular formula is C16H10ClN3S. The van der Waals surface area contributed by atoms with Crippen molar-refractivity contribution < 1.29 is 0 Å². The summed E-state index contributed by atoms with van der Waals surface area (Å²) < 4.78 is 1.07. The number of anilines is 2. The van der Waals surface area contributed by atoms with E-state index in [-0.39, 0.29) is 0 Å². The minimum atomic E-state index is 0.726. The average Bonchev–Trinajstić information content (AvgIpc) is 2.89. The summed E-state index contributed by atoms with van der Waals surface area (Å²) in [6, 6.07) is 15.8. The van der Waals surface area contributed by atoms with Gasteiger partial charge in [0.25, 0.3) is 0 Å². The van der Waals surface area contributed by atoms with Crippen LogP contribution in [0.15, 0.2) is 54.7 Å². The van der Waals surface area contributed by atoms with Crippen LogP contribution in [0.1, 0.15) is 0 Å². The predicted octanol–water partition coefficient (Wildman–Crippen LogP) is 5.24. The van der Waals surface area contributed by atoms with Crippen molar-refractivity contribution in [3.05, 3.63) is 59.8 Å². The van der Waals surface area contributed by atoms with Gasteiger partial charge in [-0.25, -0.2) is 4.98 Å². The molecule has 2 aromatic heterocycles. The van der Waals surface area contributed by atoms with Crippen LogP contribution < -0.4 is 5.32 Å². The van der Waals surface area contributed by atoms with Gasteiger partial charge in [0.2, 0.25) is 0 Å². The van der Waals surface area contributed by atoms with Crippen molar-refractivity contribution in [1.82, 2.24) is 9.97 Å². The predicted molar refractivity (Wildman–Crippen MR) is 89.7 cm³/mol. The van der Waals surface area contributed by atoms with E-state index in [4.69, 9.17) is 11.6 Å². The first-order valence-corrected chi connectivity index (χ1v) is 7.66. The molecule has 2 aromatic carbocycles. The number of thiazole rings is 1. The zero-order chi connectivity index (χ0) is 14.2. The summed E-state index contributed by atoms with van der Waals surface area (Å²) in [5.74, 6) is 0. The molecular weight excluding hydrogens is 302 g/mol. The van der Waals surface area contributed by atoms with Gasteiger partial charge in [-0.05, 0) is 30.3 Å². The van der Waals surface area contributed by atoms with Gasteiger partial charge in [0.1, 0.15) is 0 Å². The molecule has 0 unspecified atom stereocenters. The highest BCUT2D eigenvalue weighted by Crippen LogP contribution is 2.31. The van der Waals surface area contributed by atoms with Crippen molar-refractivity contribution in [2.45, 2.75) is 0 Å². The second kappa shape index (κ2) is 4.98. The maximum absolute atomic E-state index is 6.01. The van der Waals surface area contributed by atoms with E-state index in [1.54, 1.807) is 17.5 Å².